The van der Waals surface area contributed by atoms with E-state index >= 15 is 0 Å². The number of carbonyl (C=O) groups excluding carboxylic acids is 1. The van der Waals surface area contributed by atoms with Gasteiger partial charge in [0.15, 0.2) is 6.04 Å². The molecule has 0 saturated heterocycles. The van der Waals surface area contributed by atoms with Crippen molar-refractivity contribution >= 4 is 13.6 Å². The highest BCUT2D eigenvalue weighted by atomic mass is 35.5. The molecule has 0 aliphatic carbocycles. The molecule has 0 amide bonds. The smallest absolute Gasteiger partial charge is 0.364 e. The molecule has 1 atom stereocenters. The van der Waals surface area contributed by atoms with Crippen LogP contribution in [0.3, 0.4) is 0 Å². The zero-order valence-corrected chi connectivity index (χ0v) is 12.8. The van der Waals surface area contributed by atoms with Crippen molar-refractivity contribution in [3.05, 3.63) is 0 Å². The van der Waals surface area contributed by atoms with Crippen molar-refractivity contribution in [2.24, 2.45) is 0 Å². The summed E-state index contributed by atoms with van der Waals surface area (Å²) in [6.07, 6.45) is 0.512. The van der Waals surface area contributed by atoms with Gasteiger partial charge in [0, 0.05) is 6.42 Å². The minimum Gasteiger partial charge on any atom is -1.00 e. The van der Waals surface area contributed by atoms with E-state index in [0.29, 0.717) is 26.2 Å². The Hall–Kier alpha value is -0.130. The first-order valence-corrected chi connectivity index (χ1v) is 7.59. The zero-order chi connectivity index (χ0) is 13.3. The van der Waals surface area contributed by atoms with Gasteiger partial charge < -0.3 is 31.9 Å². The molecule has 8 heteroatoms. The van der Waals surface area contributed by atoms with Crippen molar-refractivity contribution < 1.29 is 41.3 Å². The highest BCUT2D eigenvalue weighted by Crippen LogP contribution is 2.48. The Bertz CT molecular complexity index is 267. The van der Waals surface area contributed by atoms with Gasteiger partial charge in [-0.1, -0.05) is 0 Å². The van der Waals surface area contributed by atoms with Gasteiger partial charge in [-0.25, -0.2) is 4.79 Å². The Morgan fingerprint density at radius 2 is 1.67 bits per heavy atom. The summed E-state index contributed by atoms with van der Waals surface area (Å²) in [5.41, 5.74) is 3.67. The number of carbonyl (C=O) groups is 1. The normalized spacial score (nSPS) is 12.7. The summed E-state index contributed by atoms with van der Waals surface area (Å²) in [4.78, 5) is 11.3. The van der Waals surface area contributed by atoms with E-state index in [1.54, 1.807) is 20.8 Å². The average Bonchev–Trinajstić information content (AvgIpc) is 2.27. The van der Waals surface area contributed by atoms with E-state index in [4.69, 9.17) is 13.8 Å². The Balaban J connectivity index is 0. The van der Waals surface area contributed by atoms with Crippen LogP contribution in [0, 0.1) is 0 Å². The van der Waals surface area contributed by atoms with E-state index in [1.165, 1.54) is 0 Å². The number of ether oxygens (including phenoxy) is 1. The second kappa shape index (κ2) is 10.8. The van der Waals surface area contributed by atoms with Crippen LogP contribution in [-0.4, -0.2) is 38.0 Å². The van der Waals surface area contributed by atoms with Crippen LogP contribution >= 0.6 is 7.60 Å². The third-order valence-corrected chi connectivity index (χ3v) is 4.13. The molecular weight excluding hydrogens is 281 g/mol. The second-order valence-corrected chi connectivity index (χ2v) is 5.59. The molecule has 3 N–H and O–H groups in total. The highest BCUT2D eigenvalue weighted by Gasteiger charge is 2.28. The van der Waals surface area contributed by atoms with Crippen LogP contribution in [0.25, 0.3) is 0 Å². The van der Waals surface area contributed by atoms with Crippen LogP contribution in [0.4, 0.5) is 0 Å². The monoisotopic (exact) mass is 303 g/mol. The molecule has 0 heterocycles. The second-order valence-electron chi connectivity index (χ2n) is 3.41. The van der Waals surface area contributed by atoms with Gasteiger partial charge in [0.1, 0.15) is 0 Å². The molecule has 0 bridgehead atoms. The molecule has 0 aromatic rings. The van der Waals surface area contributed by atoms with Crippen LogP contribution in [0.2, 0.25) is 0 Å². The van der Waals surface area contributed by atoms with E-state index in [9.17, 15) is 9.36 Å². The lowest BCUT2D eigenvalue weighted by Crippen LogP contribution is -3.00. The summed E-state index contributed by atoms with van der Waals surface area (Å²) >= 11 is 0. The lowest BCUT2D eigenvalue weighted by molar-refractivity contribution is -0.408. The summed E-state index contributed by atoms with van der Waals surface area (Å²) in [7, 11) is -3.08. The fraction of sp³-hybridized carbons (Fsp3) is 0.900. The molecule has 6 nitrogen and oxygen atoms in total. The topological polar surface area (TPSA) is 89.5 Å². The quantitative estimate of drug-likeness (QED) is 0.386. The molecule has 0 radical (unpaired) electrons. The van der Waals surface area contributed by atoms with E-state index < -0.39 is 13.6 Å². The summed E-state index contributed by atoms with van der Waals surface area (Å²) in [6, 6.07) is -0.538. The highest BCUT2D eigenvalue weighted by molar-refractivity contribution is 7.53. The summed E-state index contributed by atoms with van der Waals surface area (Å²) in [5.74, 6) is -0.382. The fourth-order valence-corrected chi connectivity index (χ4v) is 3.00. The standard InChI is InChI=1S/C10H22NO5P.ClH/c1-4-14-10(12)9(11)7-8-17(13,15-5-2)16-6-3;/h9H,4-8,11H2,1-3H3;1H. The lowest BCUT2D eigenvalue weighted by Gasteiger charge is -2.17. The first-order valence-electron chi connectivity index (χ1n) is 5.86. The van der Waals surface area contributed by atoms with Gasteiger partial charge in [0.25, 0.3) is 0 Å². The van der Waals surface area contributed by atoms with E-state index in [-0.39, 0.29) is 24.5 Å². The molecule has 0 aliphatic heterocycles. The molecule has 18 heavy (non-hydrogen) atoms. The number of hydrogen-bond donors (Lipinski definition) is 1. The zero-order valence-electron chi connectivity index (χ0n) is 11.2. The van der Waals surface area contributed by atoms with Crippen molar-refractivity contribution in [2.45, 2.75) is 33.2 Å². The summed E-state index contributed by atoms with van der Waals surface area (Å²) < 4.78 is 27.1. The van der Waals surface area contributed by atoms with Gasteiger partial charge in [-0.2, -0.15) is 0 Å². The van der Waals surface area contributed by atoms with Crippen molar-refractivity contribution in [2.75, 3.05) is 26.0 Å². The SMILES string of the molecule is CCOC(=O)C([NH3+])CCP(=O)(OCC)OCC.[Cl-]. The number of rotatable bonds is 9. The van der Waals surface area contributed by atoms with Crippen molar-refractivity contribution in [1.82, 2.24) is 0 Å². The first kappa shape index (κ1) is 20.2. The molecule has 110 valence electrons. The molecule has 0 rings (SSSR count). The van der Waals surface area contributed by atoms with E-state index in [0.717, 1.165) is 0 Å². The molecule has 0 aromatic carbocycles. The van der Waals surface area contributed by atoms with Gasteiger partial charge in [0.05, 0.1) is 26.0 Å². The van der Waals surface area contributed by atoms with Crippen LogP contribution in [-0.2, 0) is 23.1 Å². The minimum absolute atomic E-state index is 0. The van der Waals surface area contributed by atoms with Crippen LogP contribution in [0.15, 0.2) is 0 Å². The van der Waals surface area contributed by atoms with Crippen molar-refractivity contribution in [3.8, 4) is 0 Å². The fourth-order valence-electron chi connectivity index (χ4n) is 1.25. The number of esters is 1. The summed E-state index contributed by atoms with van der Waals surface area (Å²) in [5, 5.41) is 0. The first-order chi connectivity index (χ1) is 7.99. The Kier molecular flexibility index (Phi) is 12.1. The molecule has 0 spiro atoms. The predicted octanol–water partition coefficient (Wildman–Crippen LogP) is -2.18. The van der Waals surface area contributed by atoms with Crippen molar-refractivity contribution in [3.63, 3.8) is 0 Å². The lowest BCUT2D eigenvalue weighted by atomic mass is 10.2. The van der Waals surface area contributed by atoms with Gasteiger partial charge in [-0.3, -0.25) is 4.57 Å². The molecule has 0 saturated carbocycles. The maximum absolute atomic E-state index is 12.1. The third-order valence-electron chi connectivity index (χ3n) is 2.02. The molecule has 0 aromatic heterocycles. The number of halogens is 1. The minimum atomic E-state index is -3.08. The Labute approximate surface area is 114 Å². The third kappa shape index (κ3) is 8.06. The van der Waals surface area contributed by atoms with E-state index in [1.807, 2.05) is 0 Å². The van der Waals surface area contributed by atoms with Gasteiger partial charge >= 0.3 is 13.6 Å². The van der Waals surface area contributed by atoms with Crippen molar-refractivity contribution in [1.29, 1.82) is 0 Å². The molecule has 0 fully saturated rings. The molecule has 0 aliphatic rings. The van der Waals surface area contributed by atoms with Gasteiger partial charge in [-0.15, -0.1) is 0 Å². The van der Waals surface area contributed by atoms with E-state index in [2.05, 4.69) is 5.73 Å². The predicted molar refractivity (Wildman–Crippen MR) is 63.7 cm³/mol. The van der Waals surface area contributed by atoms with Gasteiger partial charge in [-0.05, 0) is 20.8 Å². The number of hydrogen-bond acceptors (Lipinski definition) is 5. The average molecular weight is 304 g/mol. The Morgan fingerprint density at radius 1 is 1.17 bits per heavy atom. The number of quaternary nitrogens is 1. The summed E-state index contributed by atoms with van der Waals surface area (Å²) in [6.45, 7) is 6.18. The van der Waals surface area contributed by atoms with Crippen LogP contribution in [0.1, 0.15) is 27.2 Å². The van der Waals surface area contributed by atoms with Crippen LogP contribution in [0.5, 0.6) is 0 Å². The van der Waals surface area contributed by atoms with Crippen LogP contribution < -0.4 is 18.1 Å². The Morgan fingerprint density at radius 3 is 2.06 bits per heavy atom. The van der Waals surface area contributed by atoms with Gasteiger partial charge in [0.2, 0.25) is 0 Å². The maximum atomic E-state index is 12.1. The maximum Gasteiger partial charge on any atom is 0.364 e. The largest absolute Gasteiger partial charge is 1.00 e. The molecular formula is C10H23ClNO5P. The molecule has 1 unspecified atom stereocenters.